The van der Waals surface area contributed by atoms with Crippen molar-refractivity contribution >= 4 is 0 Å². The predicted octanol–water partition coefficient (Wildman–Crippen LogP) is 3.18. The molecule has 0 saturated carbocycles. The predicted molar refractivity (Wildman–Crippen MR) is 78.1 cm³/mol. The van der Waals surface area contributed by atoms with Crippen LogP contribution >= 0.6 is 0 Å². The molecule has 0 aliphatic rings. The lowest BCUT2D eigenvalue weighted by Crippen LogP contribution is -2.12. The molecular formula is C17H21NO. The number of aromatic nitrogens is 1. The first-order valence-electron chi connectivity index (χ1n) is 6.93. The Kier molecular flexibility index (Phi) is 5.10. The van der Waals surface area contributed by atoms with Gasteiger partial charge < -0.3 is 5.11 Å². The molecule has 0 saturated heterocycles. The van der Waals surface area contributed by atoms with E-state index in [1.807, 2.05) is 18.2 Å². The minimum atomic E-state index is -0.297. The molecule has 0 bridgehead atoms. The van der Waals surface area contributed by atoms with Gasteiger partial charge in [-0.05, 0) is 48.9 Å². The number of nitrogens with zero attached hydrogens (tertiary/aromatic N) is 1. The maximum atomic E-state index is 10.1. The summed E-state index contributed by atoms with van der Waals surface area (Å²) in [6, 6.07) is 14.4. The van der Waals surface area contributed by atoms with Gasteiger partial charge in [-0.15, -0.1) is 0 Å². The van der Waals surface area contributed by atoms with Crippen molar-refractivity contribution in [1.29, 1.82) is 0 Å². The van der Waals surface area contributed by atoms with Crippen molar-refractivity contribution in [2.75, 3.05) is 0 Å². The van der Waals surface area contributed by atoms with Crippen LogP contribution < -0.4 is 0 Å². The lowest BCUT2D eigenvalue weighted by molar-refractivity contribution is 0.165. The van der Waals surface area contributed by atoms with Crippen LogP contribution in [0.3, 0.4) is 0 Å². The first-order valence-corrected chi connectivity index (χ1v) is 6.93. The van der Waals surface area contributed by atoms with Crippen molar-refractivity contribution < 1.29 is 5.11 Å². The number of hydrogen-bond donors (Lipinski definition) is 1. The Labute approximate surface area is 115 Å². The molecular weight excluding hydrogens is 234 g/mol. The van der Waals surface area contributed by atoms with Crippen molar-refractivity contribution in [2.24, 2.45) is 0 Å². The van der Waals surface area contributed by atoms with Gasteiger partial charge in [0, 0.05) is 11.9 Å². The van der Waals surface area contributed by atoms with E-state index in [0.717, 1.165) is 31.4 Å². The third-order valence-electron chi connectivity index (χ3n) is 3.36. The molecule has 19 heavy (non-hydrogen) atoms. The van der Waals surface area contributed by atoms with Crippen LogP contribution in [0.2, 0.25) is 0 Å². The van der Waals surface area contributed by atoms with Gasteiger partial charge in [-0.2, -0.15) is 0 Å². The number of benzene rings is 1. The van der Waals surface area contributed by atoms with Crippen molar-refractivity contribution in [2.45, 2.75) is 38.7 Å². The molecule has 2 nitrogen and oxygen atoms in total. The zero-order valence-electron chi connectivity index (χ0n) is 11.4. The SMILES string of the molecule is CCc1ccc(CC(O)CCc2ccccn2)cc1. The highest BCUT2D eigenvalue weighted by Crippen LogP contribution is 2.10. The number of aliphatic hydroxyl groups excluding tert-OH is 1. The minimum absolute atomic E-state index is 0.297. The Balaban J connectivity index is 1.82. The summed E-state index contributed by atoms with van der Waals surface area (Å²) in [4.78, 5) is 4.27. The summed E-state index contributed by atoms with van der Waals surface area (Å²) in [7, 11) is 0. The lowest BCUT2D eigenvalue weighted by atomic mass is 10.0. The Morgan fingerprint density at radius 1 is 1.05 bits per heavy atom. The molecule has 2 rings (SSSR count). The summed E-state index contributed by atoms with van der Waals surface area (Å²) < 4.78 is 0. The molecule has 1 aromatic heterocycles. The van der Waals surface area contributed by atoms with Gasteiger partial charge in [0.05, 0.1) is 6.10 Å². The summed E-state index contributed by atoms with van der Waals surface area (Å²) in [6.45, 7) is 2.15. The van der Waals surface area contributed by atoms with E-state index >= 15 is 0 Å². The van der Waals surface area contributed by atoms with Crippen LogP contribution in [0.1, 0.15) is 30.2 Å². The first-order chi connectivity index (χ1) is 9.28. The van der Waals surface area contributed by atoms with Gasteiger partial charge in [-0.3, -0.25) is 4.98 Å². The summed E-state index contributed by atoms with van der Waals surface area (Å²) in [5.41, 5.74) is 3.58. The van der Waals surface area contributed by atoms with E-state index in [1.165, 1.54) is 11.1 Å². The molecule has 2 heteroatoms. The van der Waals surface area contributed by atoms with E-state index in [0.29, 0.717) is 0 Å². The summed E-state index contributed by atoms with van der Waals surface area (Å²) in [6.07, 6.45) is 4.86. The van der Waals surface area contributed by atoms with E-state index in [-0.39, 0.29) is 6.10 Å². The highest BCUT2D eigenvalue weighted by molar-refractivity contribution is 5.23. The van der Waals surface area contributed by atoms with Gasteiger partial charge in [-0.1, -0.05) is 37.3 Å². The highest BCUT2D eigenvalue weighted by atomic mass is 16.3. The van der Waals surface area contributed by atoms with Gasteiger partial charge in [0.25, 0.3) is 0 Å². The molecule has 0 aliphatic heterocycles. The van der Waals surface area contributed by atoms with Crippen LogP contribution in [0.4, 0.5) is 0 Å². The fourth-order valence-corrected chi connectivity index (χ4v) is 2.15. The second kappa shape index (κ2) is 7.05. The van der Waals surface area contributed by atoms with Crippen molar-refractivity contribution in [3.8, 4) is 0 Å². The smallest absolute Gasteiger partial charge is 0.0584 e. The number of pyridine rings is 1. The van der Waals surface area contributed by atoms with E-state index in [2.05, 4.69) is 36.2 Å². The summed E-state index contributed by atoms with van der Waals surface area (Å²) in [5.74, 6) is 0. The number of aliphatic hydroxyl groups is 1. The Bertz CT molecular complexity index is 478. The molecule has 0 amide bonds. The second-order valence-electron chi connectivity index (χ2n) is 4.89. The summed E-state index contributed by atoms with van der Waals surface area (Å²) >= 11 is 0. The molecule has 1 unspecified atom stereocenters. The van der Waals surface area contributed by atoms with Gasteiger partial charge >= 0.3 is 0 Å². The van der Waals surface area contributed by atoms with Crippen LogP contribution in [0.25, 0.3) is 0 Å². The van der Waals surface area contributed by atoms with Crippen molar-refractivity contribution in [3.63, 3.8) is 0 Å². The molecule has 100 valence electrons. The molecule has 2 aromatic rings. The van der Waals surface area contributed by atoms with Crippen LogP contribution in [-0.2, 0) is 19.3 Å². The van der Waals surface area contributed by atoms with Crippen molar-refractivity contribution in [1.82, 2.24) is 4.98 Å². The average Bonchev–Trinajstić information content (AvgIpc) is 2.47. The van der Waals surface area contributed by atoms with Gasteiger partial charge in [0.2, 0.25) is 0 Å². The van der Waals surface area contributed by atoms with Crippen molar-refractivity contribution in [3.05, 3.63) is 65.5 Å². The van der Waals surface area contributed by atoms with Gasteiger partial charge in [-0.25, -0.2) is 0 Å². The molecule has 0 spiro atoms. The third kappa shape index (κ3) is 4.49. The van der Waals surface area contributed by atoms with Crippen LogP contribution in [0.5, 0.6) is 0 Å². The van der Waals surface area contributed by atoms with Gasteiger partial charge in [0.1, 0.15) is 0 Å². The van der Waals surface area contributed by atoms with Crippen LogP contribution in [-0.4, -0.2) is 16.2 Å². The maximum absolute atomic E-state index is 10.1. The molecule has 0 fully saturated rings. The van der Waals surface area contributed by atoms with E-state index in [4.69, 9.17) is 0 Å². The van der Waals surface area contributed by atoms with E-state index in [1.54, 1.807) is 6.20 Å². The Morgan fingerprint density at radius 3 is 2.42 bits per heavy atom. The monoisotopic (exact) mass is 255 g/mol. The molecule has 1 N–H and O–H groups in total. The zero-order valence-corrected chi connectivity index (χ0v) is 11.4. The zero-order chi connectivity index (χ0) is 13.5. The quantitative estimate of drug-likeness (QED) is 0.860. The Hall–Kier alpha value is -1.67. The largest absolute Gasteiger partial charge is 0.393 e. The Morgan fingerprint density at radius 2 is 1.79 bits per heavy atom. The van der Waals surface area contributed by atoms with E-state index in [9.17, 15) is 5.11 Å². The maximum Gasteiger partial charge on any atom is 0.0584 e. The molecule has 1 heterocycles. The van der Waals surface area contributed by atoms with Crippen LogP contribution in [0, 0.1) is 0 Å². The summed E-state index contributed by atoms with van der Waals surface area (Å²) in [5, 5.41) is 10.1. The molecule has 1 atom stereocenters. The molecule has 0 aliphatic carbocycles. The number of aryl methyl sites for hydroxylation is 2. The standard InChI is InChI=1S/C17H21NO/c1-2-14-6-8-15(9-7-14)13-17(19)11-10-16-5-3-4-12-18-16/h3-9,12,17,19H,2,10-11,13H2,1H3. The minimum Gasteiger partial charge on any atom is -0.393 e. The lowest BCUT2D eigenvalue weighted by Gasteiger charge is -2.10. The second-order valence-corrected chi connectivity index (χ2v) is 4.89. The fraction of sp³-hybridized carbons (Fsp3) is 0.353. The number of hydrogen-bond acceptors (Lipinski definition) is 2. The third-order valence-corrected chi connectivity index (χ3v) is 3.36. The molecule has 1 aromatic carbocycles. The van der Waals surface area contributed by atoms with Gasteiger partial charge in [0.15, 0.2) is 0 Å². The van der Waals surface area contributed by atoms with E-state index < -0.39 is 0 Å². The average molecular weight is 255 g/mol. The highest BCUT2D eigenvalue weighted by Gasteiger charge is 2.06. The topological polar surface area (TPSA) is 33.1 Å². The van der Waals surface area contributed by atoms with Crippen LogP contribution in [0.15, 0.2) is 48.7 Å². The number of rotatable bonds is 6. The fourth-order valence-electron chi connectivity index (χ4n) is 2.15. The first kappa shape index (κ1) is 13.8. The molecule has 0 radical (unpaired) electrons. The normalized spacial score (nSPS) is 12.3.